The number of hydrogen-bond acceptors (Lipinski definition) is 5. The maximum absolute atomic E-state index is 12.0. The molecule has 1 unspecified atom stereocenters. The minimum Gasteiger partial charge on any atom is -0.479 e. The average Bonchev–Trinajstić information content (AvgIpc) is 2.95. The molecule has 0 aliphatic heterocycles. The fourth-order valence-electron chi connectivity index (χ4n) is 1.82. The average molecular weight is 292 g/mol. The zero-order valence-electron chi connectivity index (χ0n) is 10.4. The molecule has 1 amide bonds. The summed E-state index contributed by atoms with van der Waals surface area (Å²) >= 11 is 1.27. The van der Waals surface area contributed by atoms with E-state index >= 15 is 0 Å². The third kappa shape index (κ3) is 2.55. The van der Waals surface area contributed by atoms with E-state index in [1.807, 2.05) is 0 Å². The summed E-state index contributed by atoms with van der Waals surface area (Å²) in [6, 6.07) is 2.32. The highest BCUT2D eigenvalue weighted by Crippen LogP contribution is 2.37. The fourth-order valence-corrected chi connectivity index (χ4v) is 2.59. The molecule has 20 heavy (non-hydrogen) atoms. The highest BCUT2D eigenvalue weighted by Gasteiger charge is 2.29. The van der Waals surface area contributed by atoms with Crippen LogP contribution in [0.25, 0.3) is 0 Å². The van der Waals surface area contributed by atoms with E-state index < -0.39 is 17.9 Å². The molecule has 7 nitrogen and oxygen atoms in total. The molecule has 0 radical (unpaired) electrons. The van der Waals surface area contributed by atoms with Crippen LogP contribution in [0, 0.1) is 0 Å². The van der Waals surface area contributed by atoms with Gasteiger partial charge in [0.25, 0.3) is 5.91 Å². The molecule has 1 atom stereocenters. The molecule has 104 valence electrons. The first-order valence-corrected chi connectivity index (χ1v) is 7.02. The Morgan fingerprint density at radius 3 is 2.90 bits per heavy atom. The molecule has 0 saturated heterocycles. The van der Waals surface area contributed by atoms with Crippen LogP contribution < -0.4 is 5.32 Å². The number of carboxylic acid groups (broad SMARTS) is 1. The molecule has 1 aliphatic carbocycles. The Labute approximate surface area is 118 Å². The molecule has 0 aromatic carbocycles. The van der Waals surface area contributed by atoms with Crippen LogP contribution in [-0.4, -0.2) is 32.2 Å². The van der Waals surface area contributed by atoms with E-state index in [0.717, 1.165) is 12.8 Å². The number of amides is 1. The van der Waals surface area contributed by atoms with Crippen LogP contribution in [0.2, 0.25) is 0 Å². The number of nitrogens with zero attached hydrogens (tertiary/aromatic N) is 2. The lowest BCUT2D eigenvalue weighted by molar-refractivity contribution is -0.139. The summed E-state index contributed by atoms with van der Waals surface area (Å²) in [5.41, 5.74) is 0. The smallest absolute Gasteiger partial charge is 0.331 e. The van der Waals surface area contributed by atoms with Gasteiger partial charge in [-0.05, 0) is 24.3 Å². The number of H-pyrrole nitrogens is 1. The van der Waals surface area contributed by atoms with Crippen LogP contribution >= 0.6 is 11.3 Å². The van der Waals surface area contributed by atoms with Crippen molar-refractivity contribution in [3.05, 3.63) is 34.0 Å². The molecule has 2 aromatic heterocycles. The third-order valence-electron chi connectivity index (χ3n) is 3.02. The number of carbonyl (C=O) groups is 2. The first-order chi connectivity index (χ1) is 9.65. The Balaban J connectivity index is 1.74. The van der Waals surface area contributed by atoms with E-state index in [1.165, 1.54) is 11.3 Å². The minimum atomic E-state index is -1.11. The molecular weight excluding hydrogens is 280 g/mol. The molecular formula is C12H12N4O3S. The van der Waals surface area contributed by atoms with Crippen molar-refractivity contribution in [1.82, 2.24) is 20.5 Å². The van der Waals surface area contributed by atoms with Gasteiger partial charge in [-0.2, -0.15) is 0 Å². The van der Waals surface area contributed by atoms with Crippen LogP contribution in [0.15, 0.2) is 17.5 Å². The van der Waals surface area contributed by atoms with Crippen molar-refractivity contribution in [1.29, 1.82) is 0 Å². The van der Waals surface area contributed by atoms with Crippen LogP contribution in [-0.2, 0) is 4.79 Å². The van der Waals surface area contributed by atoms with E-state index in [4.69, 9.17) is 0 Å². The molecule has 1 saturated carbocycles. The largest absolute Gasteiger partial charge is 0.479 e. The van der Waals surface area contributed by atoms with Crippen molar-refractivity contribution in [3.8, 4) is 0 Å². The number of carboxylic acids is 1. The van der Waals surface area contributed by atoms with Gasteiger partial charge in [-0.15, -0.1) is 16.4 Å². The van der Waals surface area contributed by atoms with Gasteiger partial charge in [0, 0.05) is 10.8 Å². The van der Waals surface area contributed by atoms with E-state index in [0.29, 0.717) is 16.6 Å². The van der Waals surface area contributed by atoms with Gasteiger partial charge in [-0.3, -0.25) is 9.89 Å². The van der Waals surface area contributed by atoms with Crippen molar-refractivity contribution in [2.75, 3.05) is 0 Å². The van der Waals surface area contributed by atoms with Crippen molar-refractivity contribution >= 4 is 23.2 Å². The van der Waals surface area contributed by atoms with Crippen molar-refractivity contribution in [2.45, 2.75) is 24.8 Å². The Hall–Kier alpha value is -2.22. The lowest BCUT2D eigenvalue weighted by Crippen LogP contribution is -2.33. The topological polar surface area (TPSA) is 108 Å². The normalized spacial score (nSPS) is 15.8. The molecule has 1 aliphatic rings. The minimum absolute atomic E-state index is 0.0188. The molecule has 2 aromatic rings. The number of hydrogen-bond donors (Lipinski definition) is 3. The van der Waals surface area contributed by atoms with Crippen LogP contribution in [0.5, 0.6) is 0 Å². The quantitative estimate of drug-likeness (QED) is 0.769. The highest BCUT2D eigenvalue weighted by molar-refractivity contribution is 7.10. The number of rotatable bonds is 5. The van der Waals surface area contributed by atoms with Crippen molar-refractivity contribution < 1.29 is 14.7 Å². The van der Waals surface area contributed by atoms with Crippen molar-refractivity contribution in [3.63, 3.8) is 0 Å². The fraction of sp³-hybridized carbons (Fsp3) is 0.333. The molecule has 2 heterocycles. The Kier molecular flexibility index (Phi) is 3.23. The van der Waals surface area contributed by atoms with Crippen molar-refractivity contribution in [2.24, 2.45) is 0 Å². The van der Waals surface area contributed by atoms with Crippen LogP contribution in [0.4, 0.5) is 0 Å². The van der Waals surface area contributed by atoms with Gasteiger partial charge in [0.2, 0.25) is 5.82 Å². The highest BCUT2D eigenvalue weighted by atomic mass is 32.1. The first-order valence-electron chi connectivity index (χ1n) is 6.14. The summed E-state index contributed by atoms with van der Waals surface area (Å²) < 4.78 is 0. The monoisotopic (exact) mass is 292 g/mol. The first kappa shape index (κ1) is 12.8. The van der Waals surface area contributed by atoms with Gasteiger partial charge < -0.3 is 10.4 Å². The lowest BCUT2D eigenvalue weighted by Gasteiger charge is -2.11. The molecule has 0 spiro atoms. The van der Waals surface area contributed by atoms with Crippen LogP contribution in [0.1, 0.15) is 46.1 Å². The second-order valence-corrected chi connectivity index (χ2v) is 5.56. The molecule has 1 fully saturated rings. The standard InChI is InChI=1S/C12H12N4O3S/c17-11(10-14-9(15-16-10)6-3-4-6)13-8(12(18)19)7-2-1-5-20-7/h1-2,5-6,8H,3-4H2,(H,13,17)(H,18,19)(H,14,15,16). The number of aliphatic carboxylic acids is 1. The van der Waals surface area contributed by atoms with E-state index in [2.05, 4.69) is 20.5 Å². The predicted octanol–water partition coefficient (Wildman–Crippen LogP) is 1.30. The summed E-state index contributed by atoms with van der Waals surface area (Å²) in [6.07, 6.45) is 2.09. The second-order valence-electron chi connectivity index (χ2n) is 4.58. The maximum Gasteiger partial charge on any atom is 0.331 e. The molecule has 3 N–H and O–H groups in total. The number of carbonyl (C=O) groups excluding carboxylic acids is 1. The Morgan fingerprint density at radius 2 is 2.30 bits per heavy atom. The van der Waals surface area contributed by atoms with Gasteiger partial charge in [0.1, 0.15) is 5.82 Å². The number of aromatic nitrogens is 3. The predicted molar refractivity (Wildman–Crippen MR) is 70.5 cm³/mol. The van der Waals surface area contributed by atoms with Gasteiger partial charge in [-0.25, -0.2) is 9.78 Å². The molecule has 0 bridgehead atoms. The summed E-state index contributed by atoms with van der Waals surface area (Å²) in [5, 5.41) is 19.9. The number of nitrogens with one attached hydrogen (secondary N) is 2. The van der Waals surface area contributed by atoms with E-state index in [9.17, 15) is 14.7 Å². The van der Waals surface area contributed by atoms with Gasteiger partial charge >= 0.3 is 5.97 Å². The second kappa shape index (κ2) is 5.04. The lowest BCUT2D eigenvalue weighted by atomic mass is 10.2. The summed E-state index contributed by atoms with van der Waals surface area (Å²) in [5.74, 6) is -0.669. The summed E-state index contributed by atoms with van der Waals surface area (Å²) in [6.45, 7) is 0. The zero-order valence-corrected chi connectivity index (χ0v) is 11.2. The Bertz CT molecular complexity index is 633. The molecule has 3 rings (SSSR count). The van der Waals surface area contributed by atoms with Gasteiger partial charge in [-0.1, -0.05) is 6.07 Å². The SMILES string of the molecule is O=C(NC(C(=O)O)c1cccs1)c1n[nH]c(C2CC2)n1. The maximum atomic E-state index is 12.0. The number of aromatic amines is 1. The van der Waals surface area contributed by atoms with Gasteiger partial charge in [0.05, 0.1) is 0 Å². The summed E-state index contributed by atoms with van der Waals surface area (Å²) in [4.78, 5) is 27.9. The van der Waals surface area contributed by atoms with Crippen LogP contribution in [0.3, 0.4) is 0 Å². The Morgan fingerprint density at radius 1 is 1.50 bits per heavy atom. The number of thiophene rings is 1. The van der Waals surface area contributed by atoms with Gasteiger partial charge in [0.15, 0.2) is 6.04 Å². The molecule has 8 heteroatoms. The zero-order chi connectivity index (χ0) is 14.1. The van der Waals surface area contributed by atoms with E-state index in [1.54, 1.807) is 17.5 Å². The summed E-state index contributed by atoms with van der Waals surface area (Å²) in [7, 11) is 0. The van der Waals surface area contributed by atoms with E-state index in [-0.39, 0.29) is 5.82 Å². The third-order valence-corrected chi connectivity index (χ3v) is 3.96.